The fraction of sp³-hybridized carbons (Fsp3) is 0.227. The minimum Gasteiger partial charge on any atom is -0.497 e. The topological polar surface area (TPSA) is 115 Å². The predicted molar refractivity (Wildman–Crippen MR) is 114 cm³/mol. The van der Waals surface area contributed by atoms with Crippen molar-refractivity contribution in [2.45, 2.75) is 19.7 Å². The van der Waals surface area contributed by atoms with E-state index in [1.165, 1.54) is 4.68 Å². The number of aromatic nitrogens is 2. The van der Waals surface area contributed by atoms with Gasteiger partial charge in [0, 0.05) is 30.5 Å². The summed E-state index contributed by atoms with van der Waals surface area (Å²) in [5.41, 5.74) is 8.64. The van der Waals surface area contributed by atoms with E-state index in [1.807, 2.05) is 49.4 Å². The number of hydrogen-bond donors (Lipinski definition) is 3. The van der Waals surface area contributed by atoms with Gasteiger partial charge in [0.15, 0.2) is 0 Å². The van der Waals surface area contributed by atoms with E-state index in [0.717, 1.165) is 22.6 Å². The zero-order chi connectivity index (χ0) is 21.5. The van der Waals surface area contributed by atoms with Crippen LogP contribution in [0, 0.1) is 5.41 Å². The molecule has 8 heteroatoms. The van der Waals surface area contributed by atoms with Crippen molar-refractivity contribution in [1.82, 2.24) is 15.1 Å². The molecule has 0 bridgehead atoms. The molecule has 1 amide bonds. The van der Waals surface area contributed by atoms with E-state index in [9.17, 15) is 4.79 Å². The highest BCUT2D eigenvalue weighted by Gasteiger charge is 2.21. The summed E-state index contributed by atoms with van der Waals surface area (Å²) >= 11 is 0. The number of benzene rings is 2. The first-order valence-corrected chi connectivity index (χ1v) is 9.54. The van der Waals surface area contributed by atoms with Gasteiger partial charge >= 0.3 is 0 Å². The number of nitrogens with zero attached hydrogens (tertiary/aromatic N) is 2. The molecule has 30 heavy (non-hydrogen) atoms. The van der Waals surface area contributed by atoms with Gasteiger partial charge in [0.05, 0.1) is 12.8 Å². The van der Waals surface area contributed by atoms with Crippen LogP contribution in [0.15, 0.2) is 60.8 Å². The summed E-state index contributed by atoms with van der Waals surface area (Å²) in [7, 11) is 1.62. The Morgan fingerprint density at radius 3 is 2.47 bits per heavy atom. The van der Waals surface area contributed by atoms with E-state index in [0.29, 0.717) is 18.7 Å². The third kappa shape index (κ3) is 5.03. The maximum absolute atomic E-state index is 12.7. The molecular formula is C22H25N5O3. The fourth-order valence-electron chi connectivity index (χ4n) is 2.89. The van der Waals surface area contributed by atoms with Gasteiger partial charge in [-0.15, -0.1) is 0 Å². The number of carbonyl (C=O) groups excluding carboxylic acids is 1. The highest BCUT2D eigenvalue weighted by Crippen LogP contribution is 2.22. The molecule has 0 aliphatic heterocycles. The number of ether oxygens (including phenoxy) is 2. The Balaban J connectivity index is 1.69. The number of amidine groups is 1. The van der Waals surface area contributed by atoms with Gasteiger partial charge in [0.2, 0.25) is 6.23 Å². The van der Waals surface area contributed by atoms with Gasteiger partial charge < -0.3 is 20.5 Å². The second-order valence-electron chi connectivity index (χ2n) is 6.55. The van der Waals surface area contributed by atoms with Gasteiger partial charge in [0.1, 0.15) is 11.6 Å². The summed E-state index contributed by atoms with van der Waals surface area (Å²) in [5.74, 6) is 0.478. The van der Waals surface area contributed by atoms with Crippen molar-refractivity contribution in [1.29, 1.82) is 5.41 Å². The minimum absolute atomic E-state index is 0.00772. The van der Waals surface area contributed by atoms with E-state index in [-0.39, 0.29) is 11.7 Å². The molecule has 0 saturated heterocycles. The first kappa shape index (κ1) is 21.1. The van der Waals surface area contributed by atoms with Gasteiger partial charge in [0.25, 0.3) is 5.91 Å². The number of hydrogen-bond acceptors (Lipinski definition) is 5. The van der Waals surface area contributed by atoms with Crippen LogP contribution in [-0.2, 0) is 16.1 Å². The van der Waals surface area contributed by atoms with Crippen molar-refractivity contribution in [2.24, 2.45) is 5.73 Å². The smallest absolute Gasteiger partial charge is 0.272 e. The SMILES string of the molecule is CCOC(C(=O)NCc1ccc(C(=N)N)cc1)n1ccc(-c2ccc(OC)cc2)n1. The van der Waals surface area contributed by atoms with E-state index < -0.39 is 6.23 Å². The molecule has 0 fully saturated rings. The largest absolute Gasteiger partial charge is 0.497 e. The second-order valence-corrected chi connectivity index (χ2v) is 6.55. The van der Waals surface area contributed by atoms with Crippen molar-refractivity contribution >= 4 is 11.7 Å². The number of nitrogens with two attached hydrogens (primary N) is 1. The Morgan fingerprint density at radius 2 is 1.87 bits per heavy atom. The van der Waals surface area contributed by atoms with Crippen LogP contribution in [0.25, 0.3) is 11.3 Å². The van der Waals surface area contributed by atoms with Crippen LogP contribution >= 0.6 is 0 Å². The Labute approximate surface area is 175 Å². The first-order valence-electron chi connectivity index (χ1n) is 9.54. The molecule has 8 nitrogen and oxygen atoms in total. The lowest BCUT2D eigenvalue weighted by Gasteiger charge is -2.17. The number of carbonyl (C=O) groups is 1. The Morgan fingerprint density at radius 1 is 1.17 bits per heavy atom. The van der Waals surface area contributed by atoms with E-state index >= 15 is 0 Å². The predicted octanol–water partition coefficient (Wildman–Crippen LogP) is 2.69. The first-order chi connectivity index (χ1) is 14.5. The van der Waals surface area contributed by atoms with E-state index in [1.54, 1.807) is 25.4 Å². The van der Waals surface area contributed by atoms with Crippen LogP contribution in [-0.4, -0.2) is 35.2 Å². The maximum atomic E-state index is 12.7. The van der Waals surface area contributed by atoms with Crippen LogP contribution in [0.4, 0.5) is 0 Å². The molecule has 156 valence electrons. The average Bonchev–Trinajstić information content (AvgIpc) is 3.26. The minimum atomic E-state index is -0.876. The standard InChI is InChI=1S/C22H25N5O3/c1-3-30-22(21(28)25-14-15-4-6-17(7-5-15)20(23)24)27-13-12-19(26-27)16-8-10-18(29-2)11-9-16/h4-13,22H,3,14H2,1-2H3,(H3,23,24)(H,25,28). The Hall–Kier alpha value is -3.65. The maximum Gasteiger partial charge on any atom is 0.272 e. The fourth-order valence-corrected chi connectivity index (χ4v) is 2.89. The number of amides is 1. The van der Waals surface area contributed by atoms with Crippen LogP contribution < -0.4 is 15.8 Å². The van der Waals surface area contributed by atoms with Crippen molar-refractivity contribution in [2.75, 3.05) is 13.7 Å². The number of methoxy groups -OCH3 is 1. The molecule has 1 aromatic heterocycles. The molecule has 0 spiro atoms. The van der Waals surface area contributed by atoms with Crippen LogP contribution in [0.3, 0.4) is 0 Å². The van der Waals surface area contributed by atoms with E-state index in [2.05, 4.69) is 10.4 Å². The van der Waals surface area contributed by atoms with Gasteiger partial charge in [-0.1, -0.05) is 24.3 Å². The third-order valence-electron chi connectivity index (χ3n) is 4.51. The molecule has 4 N–H and O–H groups in total. The summed E-state index contributed by atoms with van der Waals surface area (Å²) in [5, 5.41) is 14.8. The summed E-state index contributed by atoms with van der Waals surface area (Å²) in [6.07, 6.45) is 0.847. The van der Waals surface area contributed by atoms with Crippen molar-refractivity contribution < 1.29 is 14.3 Å². The van der Waals surface area contributed by atoms with Gasteiger partial charge in [-0.3, -0.25) is 10.2 Å². The van der Waals surface area contributed by atoms with Crippen molar-refractivity contribution in [3.63, 3.8) is 0 Å². The molecule has 1 unspecified atom stereocenters. The van der Waals surface area contributed by atoms with Crippen LogP contribution in [0.5, 0.6) is 5.75 Å². The molecule has 1 heterocycles. The Kier molecular flexibility index (Phi) is 6.82. The number of nitrogens with one attached hydrogen (secondary N) is 2. The lowest BCUT2D eigenvalue weighted by molar-refractivity contribution is -0.139. The summed E-state index contributed by atoms with van der Waals surface area (Å²) < 4.78 is 12.3. The van der Waals surface area contributed by atoms with Crippen molar-refractivity contribution in [3.05, 3.63) is 71.9 Å². The molecule has 1 atom stereocenters. The number of rotatable bonds is 9. The average molecular weight is 407 g/mol. The lowest BCUT2D eigenvalue weighted by Crippen LogP contribution is -2.34. The molecule has 0 aliphatic carbocycles. The molecule has 0 radical (unpaired) electrons. The second kappa shape index (κ2) is 9.71. The molecule has 3 rings (SSSR count). The van der Waals surface area contributed by atoms with Gasteiger partial charge in [-0.05, 0) is 42.8 Å². The monoisotopic (exact) mass is 407 g/mol. The zero-order valence-corrected chi connectivity index (χ0v) is 17.0. The Bertz CT molecular complexity index is 996. The highest BCUT2D eigenvalue weighted by molar-refractivity contribution is 5.94. The molecule has 0 aliphatic rings. The molecular weight excluding hydrogens is 382 g/mol. The van der Waals surface area contributed by atoms with E-state index in [4.69, 9.17) is 20.6 Å². The molecule has 0 saturated carbocycles. The summed E-state index contributed by atoms with van der Waals surface area (Å²) in [4.78, 5) is 12.7. The molecule has 2 aromatic carbocycles. The summed E-state index contributed by atoms with van der Waals surface area (Å²) in [6.45, 7) is 2.52. The molecule has 3 aromatic rings. The quantitative estimate of drug-likeness (QED) is 0.373. The normalized spacial score (nSPS) is 11.7. The highest BCUT2D eigenvalue weighted by atomic mass is 16.5. The summed E-state index contributed by atoms with van der Waals surface area (Å²) in [6, 6.07) is 16.5. The lowest BCUT2D eigenvalue weighted by atomic mass is 10.1. The van der Waals surface area contributed by atoms with Crippen LogP contribution in [0.1, 0.15) is 24.3 Å². The third-order valence-corrected chi connectivity index (χ3v) is 4.51. The van der Waals surface area contributed by atoms with Crippen molar-refractivity contribution in [3.8, 4) is 17.0 Å². The van der Waals surface area contributed by atoms with Gasteiger partial charge in [-0.25, -0.2) is 4.68 Å². The number of nitrogen functional groups attached to an aromatic ring is 1. The zero-order valence-electron chi connectivity index (χ0n) is 17.0. The van der Waals surface area contributed by atoms with Gasteiger partial charge in [-0.2, -0.15) is 5.10 Å². The van der Waals surface area contributed by atoms with Crippen LogP contribution in [0.2, 0.25) is 0 Å².